The number of amides is 2. The fourth-order valence-corrected chi connectivity index (χ4v) is 2.29. The molecule has 0 aliphatic carbocycles. The minimum absolute atomic E-state index is 0.110. The van der Waals surface area contributed by atoms with Crippen molar-refractivity contribution in [2.75, 3.05) is 19.6 Å². The topological polar surface area (TPSA) is 49.4 Å². The van der Waals surface area contributed by atoms with Crippen LogP contribution in [0.1, 0.15) is 16.8 Å². The lowest BCUT2D eigenvalue weighted by Gasteiger charge is -2.19. The molecule has 1 aliphatic heterocycles. The second-order valence-electron chi connectivity index (χ2n) is 4.06. The zero-order chi connectivity index (χ0) is 13.1. The largest absolute Gasteiger partial charge is 0.354 e. The predicted octanol–water partition coefficient (Wildman–Crippen LogP) is 2.06. The van der Waals surface area contributed by atoms with Crippen LogP contribution < -0.4 is 5.32 Å². The fraction of sp³-hybridized carbons (Fsp3) is 0.333. The SMILES string of the molecule is O=C1CN(C(=O)c2ccc(Cl)c(Br)c2)CCCN1. The van der Waals surface area contributed by atoms with Crippen LogP contribution in [0, 0.1) is 0 Å². The van der Waals surface area contributed by atoms with E-state index in [9.17, 15) is 9.59 Å². The summed E-state index contributed by atoms with van der Waals surface area (Å²) in [6.45, 7) is 1.31. The summed E-state index contributed by atoms with van der Waals surface area (Å²) in [5, 5.41) is 3.29. The maximum atomic E-state index is 12.2. The van der Waals surface area contributed by atoms with E-state index in [2.05, 4.69) is 21.2 Å². The highest BCUT2D eigenvalue weighted by Gasteiger charge is 2.21. The van der Waals surface area contributed by atoms with Gasteiger partial charge in [0, 0.05) is 23.1 Å². The molecule has 2 amide bonds. The van der Waals surface area contributed by atoms with Crippen LogP contribution in [-0.4, -0.2) is 36.3 Å². The van der Waals surface area contributed by atoms with Gasteiger partial charge in [-0.3, -0.25) is 9.59 Å². The minimum Gasteiger partial charge on any atom is -0.354 e. The highest BCUT2D eigenvalue weighted by Crippen LogP contribution is 2.24. The molecule has 0 bridgehead atoms. The number of hydrogen-bond donors (Lipinski definition) is 1. The Labute approximate surface area is 118 Å². The fourth-order valence-electron chi connectivity index (χ4n) is 1.79. The first-order valence-electron chi connectivity index (χ1n) is 5.59. The summed E-state index contributed by atoms with van der Waals surface area (Å²) in [5.41, 5.74) is 0.529. The van der Waals surface area contributed by atoms with E-state index in [1.54, 1.807) is 23.1 Å². The number of carbonyl (C=O) groups excluding carboxylic acids is 2. The molecular weight excluding hydrogens is 320 g/mol. The van der Waals surface area contributed by atoms with Gasteiger partial charge in [0.05, 0.1) is 11.6 Å². The molecule has 1 aromatic carbocycles. The van der Waals surface area contributed by atoms with E-state index < -0.39 is 0 Å². The van der Waals surface area contributed by atoms with Crippen molar-refractivity contribution in [1.29, 1.82) is 0 Å². The van der Waals surface area contributed by atoms with E-state index in [-0.39, 0.29) is 18.4 Å². The van der Waals surface area contributed by atoms with Gasteiger partial charge in [0.25, 0.3) is 5.91 Å². The Balaban J connectivity index is 2.19. The normalized spacial score (nSPS) is 16.1. The van der Waals surface area contributed by atoms with Crippen molar-refractivity contribution >= 4 is 39.3 Å². The number of hydrogen-bond acceptors (Lipinski definition) is 2. The standard InChI is InChI=1S/C12H12BrClN2O2/c13-9-6-8(2-3-10(9)14)12(18)16-5-1-4-15-11(17)7-16/h2-3,6H,1,4-5,7H2,(H,15,17). The van der Waals surface area contributed by atoms with Crippen molar-refractivity contribution in [2.24, 2.45) is 0 Å². The number of nitrogens with one attached hydrogen (secondary N) is 1. The molecule has 1 N–H and O–H groups in total. The smallest absolute Gasteiger partial charge is 0.254 e. The van der Waals surface area contributed by atoms with E-state index in [1.165, 1.54) is 0 Å². The monoisotopic (exact) mass is 330 g/mol. The van der Waals surface area contributed by atoms with Crippen molar-refractivity contribution in [2.45, 2.75) is 6.42 Å². The Morgan fingerprint density at radius 2 is 2.22 bits per heavy atom. The second kappa shape index (κ2) is 5.71. The maximum Gasteiger partial charge on any atom is 0.254 e. The number of nitrogens with zero attached hydrogens (tertiary/aromatic N) is 1. The number of carbonyl (C=O) groups is 2. The molecule has 18 heavy (non-hydrogen) atoms. The summed E-state index contributed by atoms with van der Waals surface area (Å²) in [6, 6.07) is 5.00. The van der Waals surface area contributed by atoms with Crippen molar-refractivity contribution in [3.63, 3.8) is 0 Å². The molecule has 4 nitrogen and oxygen atoms in total. The second-order valence-corrected chi connectivity index (χ2v) is 5.32. The zero-order valence-electron chi connectivity index (χ0n) is 9.58. The van der Waals surface area contributed by atoms with Crippen LogP contribution in [0.2, 0.25) is 5.02 Å². The average Bonchev–Trinajstić information content (AvgIpc) is 2.56. The summed E-state index contributed by atoms with van der Waals surface area (Å²) in [7, 11) is 0. The molecule has 0 aromatic heterocycles. The summed E-state index contributed by atoms with van der Waals surface area (Å²) >= 11 is 9.17. The average molecular weight is 332 g/mol. The highest BCUT2D eigenvalue weighted by molar-refractivity contribution is 9.10. The first-order valence-corrected chi connectivity index (χ1v) is 6.76. The van der Waals surface area contributed by atoms with Crippen molar-refractivity contribution in [3.05, 3.63) is 33.3 Å². The Hall–Kier alpha value is -1.07. The first-order chi connectivity index (χ1) is 8.58. The lowest BCUT2D eigenvalue weighted by atomic mass is 10.2. The van der Waals surface area contributed by atoms with Gasteiger partial charge in [0.2, 0.25) is 5.91 Å². The molecule has 0 saturated carbocycles. The van der Waals surface area contributed by atoms with Gasteiger partial charge in [-0.1, -0.05) is 11.6 Å². The molecule has 0 unspecified atom stereocenters. The van der Waals surface area contributed by atoms with Crippen LogP contribution >= 0.6 is 27.5 Å². The maximum absolute atomic E-state index is 12.2. The predicted molar refractivity (Wildman–Crippen MR) is 72.7 cm³/mol. The van der Waals surface area contributed by atoms with Gasteiger partial charge >= 0.3 is 0 Å². The summed E-state index contributed by atoms with van der Waals surface area (Å²) in [5.74, 6) is -0.265. The van der Waals surface area contributed by atoms with E-state index in [0.717, 1.165) is 6.42 Å². The lowest BCUT2D eigenvalue weighted by Crippen LogP contribution is -2.37. The number of halogens is 2. The van der Waals surface area contributed by atoms with E-state index in [0.29, 0.717) is 28.1 Å². The summed E-state index contributed by atoms with van der Waals surface area (Å²) in [4.78, 5) is 25.2. The zero-order valence-corrected chi connectivity index (χ0v) is 11.9. The Morgan fingerprint density at radius 3 is 2.94 bits per heavy atom. The summed E-state index contributed by atoms with van der Waals surface area (Å²) < 4.78 is 0.675. The van der Waals surface area contributed by atoms with Gasteiger partial charge in [-0.15, -0.1) is 0 Å². The van der Waals surface area contributed by atoms with Crippen LogP contribution in [0.25, 0.3) is 0 Å². The third kappa shape index (κ3) is 3.03. The third-order valence-electron chi connectivity index (χ3n) is 2.72. The molecule has 1 aliphatic rings. The summed E-state index contributed by atoms with van der Waals surface area (Å²) in [6.07, 6.45) is 0.770. The Morgan fingerprint density at radius 1 is 1.44 bits per heavy atom. The van der Waals surface area contributed by atoms with Crippen LogP contribution in [0.5, 0.6) is 0 Å². The molecule has 0 spiro atoms. The molecule has 1 heterocycles. The minimum atomic E-state index is -0.149. The van der Waals surface area contributed by atoms with Gasteiger partial charge in [0.15, 0.2) is 0 Å². The van der Waals surface area contributed by atoms with E-state index in [1.807, 2.05) is 0 Å². The van der Waals surface area contributed by atoms with E-state index in [4.69, 9.17) is 11.6 Å². The quantitative estimate of drug-likeness (QED) is 0.856. The van der Waals surface area contributed by atoms with Crippen molar-refractivity contribution in [1.82, 2.24) is 10.2 Å². The van der Waals surface area contributed by atoms with Crippen LogP contribution in [0.15, 0.2) is 22.7 Å². The molecule has 2 rings (SSSR count). The lowest BCUT2D eigenvalue weighted by molar-refractivity contribution is -0.121. The van der Waals surface area contributed by atoms with Crippen LogP contribution in [-0.2, 0) is 4.79 Å². The highest BCUT2D eigenvalue weighted by atomic mass is 79.9. The van der Waals surface area contributed by atoms with Crippen molar-refractivity contribution in [3.8, 4) is 0 Å². The molecule has 96 valence electrons. The van der Waals surface area contributed by atoms with Crippen LogP contribution in [0.3, 0.4) is 0 Å². The first kappa shape index (κ1) is 13.4. The molecule has 0 atom stereocenters. The molecule has 6 heteroatoms. The molecule has 1 fully saturated rings. The van der Waals surface area contributed by atoms with Gasteiger partial charge < -0.3 is 10.2 Å². The third-order valence-corrected chi connectivity index (χ3v) is 3.93. The number of benzene rings is 1. The molecule has 1 saturated heterocycles. The molecular formula is C12H12BrClN2O2. The van der Waals surface area contributed by atoms with Gasteiger partial charge in [-0.2, -0.15) is 0 Å². The van der Waals surface area contributed by atoms with Crippen LogP contribution in [0.4, 0.5) is 0 Å². The van der Waals surface area contributed by atoms with Crippen molar-refractivity contribution < 1.29 is 9.59 Å². The van der Waals surface area contributed by atoms with Gasteiger partial charge in [-0.25, -0.2) is 0 Å². The number of rotatable bonds is 1. The van der Waals surface area contributed by atoms with E-state index >= 15 is 0 Å². The van der Waals surface area contributed by atoms with Gasteiger partial charge in [-0.05, 0) is 40.5 Å². The molecule has 1 aromatic rings. The van der Waals surface area contributed by atoms with Gasteiger partial charge in [0.1, 0.15) is 0 Å². The Bertz CT molecular complexity index is 493. The Kier molecular flexibility index (Phi) is 4.24. The molecule has 0 radical (unpaired) electrons.